The second-order valence-electron chi connectivity index (χ2n) is 3.82. The number of benzene rings is 1. The fourth-order valence-electron chi connectivity index (χ4n) is 1.77. The predicted octanol–water partition coefficient (Wildman–Crippen LogP) is 3.25. The lowest BCUT2D eigenvalue weighted by atomic mass is 10.3. The topological polar surface area (TPSA) is 56.5 Å². The van der Waals surface area contributed by atoms with E-state index in [1.165, 1.54) is 11.3 Å². The van der Waals surface area contributed by atoms with Crippen LogP contribution in [0, 0.1) is 0 Å². The maximum Gasteiger partial charge on any atom is 0.199 e. The Balaban J connectivity index is 2.15. The molecule has 0 N–H and O–H groups in total. The Labute approximate surface area is 129 Å². The molecular formula is C12H10ClN5S2. The van der Waals surface area contributed by atoms with Crippen molar-refractivity contribution in [2.45, 2.75) is 10.2 Å². The van der Waals surface area contributed by atoms with E-state index >= 15 is 0 Å². The minimum Gasteiger partial charge on any atom is -0.276 e. The molecule has 0 radical (unpaired) electrons. The largest absolute Gasteiger partial charge is 0.276 e. The summed E-state index contributed by atoms with van der Waals surface area (Å²) in [5.41, 5.74) is 0.962. The summed E-state index contributed by atoms with van der Waals surface area (Å²) in [5.74, 6) is 1.65. The number of alkyl halides is 1. The van der Waals surface area contributed by atoms with Crippen molar-refractivity contribution in [1.82, 2.24) is 25.0 Å². The monoisotopic (exact) mass is 323 g/mol. The average molecular weight is 324 g/mol. The molecule has 5 nitrogen and oxygen atoms in total. The zero-order valence-electron chi connectivity index (χ0n) is 10.5. The van der Waals surface area contributed by atoms with Crippen molar-refractivity contribution in [3.8, 4) is 16.5 Å². The SMILES string of the molecule is CSc1nnc(-c2nnc(CCl)n2-c2ccccc2)s1. The van der Waals surface area contributed by atoms with Crippen LogP contribution in [0.15, 0.2) is 34.7 Å². The number of nitrogens with zero attached hydrogens (tertiary/aromatic N) is 5. The van der Waals surface area contributed by atoms with Crippen molar-refractivity contribution in [3.63, 3.8) is 0 Å². The van der Waals surface area contributed by atoms with E-state index in [0.29, 0.717) is 11.6 Å². The first-order valence-electron chi connectivity index (χ1n) is 5.77. The molecule has 0 aliphatic carbocycles. The molecule has 2 aromatic heterocycles. The van der Waals surface area contributed by atoms with Crippen molar-refractivity contribution >= 4 is 34.7 Å². The summed E-state index contributed by atoms with van der Waals surface area (Å²) in [6, 6.07) is 9.86. The van der Waals surface area contributed by atoms with Crippen LogP contribution in [-0.2, 0) is 5.88 Å². The highest BCUT2D eigenvalue weighted by Crippen LogP contribution is 2.29. The number of rotatable bonds is 4. The number of para-hydroxylation sites is 1. The molecule has 2 heterocycles. The third kappa shape index (κ3) is 2.44. The van der Waals surface area contributed by atoms with Gasteiger partial charge in [0.05, 0.1) is 5.88 Å². The van der Waals surface area contributed by atoms with Gasteiger partial charge in [-0.3, -0.25) is 4.57 Å². The van der Waals surface area contributed by atoms with Gasteiger partial charge in [-0.15, -0.1) is 32.0 Å². The van der Waals surface area contributed by atoms with Crippen molar-refractivity contribution in [1.29, 1.82) is 0 Å². The number of thioether (sulfide) groups is 1. The van der Waals surface area contributed by atoms with Gasteiger partial charge in [0.15, 0.2) is 21.0 Å². The van der Waals surface area contributed by atoms with E-state index in [9.17, 15) is 0 Å². The van der Waals surface area contributed by atoms with Crippen LogP contribution in [0.25, 0.3) is 16.5 Å². The van der Waals surface area contributed by atoms with Gasteiger partial charge in [-0.25, -0.2) is 0 Å². The van der Waals surface area contributed by atoms with Crippen molar-refractivity contribution in [2.75, 3.05) is 6.26 Å². The molecule has 3 rings (SSSR count). The van der Waals surface area contributed by atoms with Gasteiger partial charge in [-0.05, 0) is 18.4 Å². The van der Waals surface area contributed by atoms with Crippen LogP contribution in [0.1, 0.15) is 5.82 Å². The predicted molar refractivity (Wildman–Crippen MR) is 81.6 cm³/mol. The molecule has 20 heavy (non-hydrogen) atoms. The summed E-state index contributed by atoms with van der Waals surface area (Å²) in [5, 5.41) is 17.4. The zero-order chi connectivity index (χ0) is 13.9. The molecule has 1 aromatic carbocycles. The van der Waals surface area contributed by atoms with Crippen molar-refractivity contribution < 1.29 is 0 Å². The summed E-state index contributed by atoms with van der Waals surface area (Å²) in [6.45, 7) is 0. The van der Waals surface area contributed by atoms with E-state index in [-0.39, 0.29) is 5.88 Å². The first kappa shape index (κ1) is 13.5. The smallest absolute Gasteiger partial charge is 0.199 e. The highest BCUT2D eigenvalue weighted by atomic mass is 35.5. The Hall–Kier alpha value is -1.44. The average Bonchev–Trinajstić information content (AvgIpc) is 3.14. The molecular weight excluding hydrogens is 314 g/mol. The molecule has 3 aromatic rings. The van der Waals surface area contributed by atoms with E-state index in [0.717, 1.165) is 15.0 Å². The standard InChI is InChI=1S/C12H10ClN5S2/c1-19-12-17-16-11(20-12)10-15-14-9(7-13)18(10)8-5-3-2-4-6-8/h2-6H,7H2,1H3. The number of hydrogen-bond acceptors (Lipinski definition) is 6. The molecule has 0 atom stereocenters. The maximum absolute atomic E-state index is 5.96. The summed E-state index contributed by atoms with van der Waals surface area (Å²) < 4.78 is 2.81. The van der Waals surface area contributed by atoms with Gasteiger partial charge in [0.1, 0.15) is 0 Å². The molecule has 0 amide bonds. The Bertz CT molecular complexity index is 710. The highest BCUT2D eigenvalue weighted by molar-refractivity contribution is 8.00. The van der Waals surface area contributed by atoms with Crippen molar-refractivity contribution in [3.05, 3.63) is 36.2 Å². The summed E-state index contributed by atoms with van der Waals surface area (Å²) in [4.78, 5) is 0. The van der Waals surface area contributed by atoms with Crippen LogP contribution in [0.4, 0.5) is 0 Å². The lowest BCUT2D eigenvalue weighted by molar-refractivity contribution is 0.948. The number of hydrogen-bond donors (Lipinski definition) is 0. The molecule has 0 unspecified atom stereocenters. The summed E-state index contributed by atoms with van der Waals surface area (Å²) in [7, 11) is 0. The number of aromatic nitrogens is 5. The lowest BCUT2D eigenvalue weighted by Crippen LogP contribution is -2.01. The molecule has 8 heteroatoms. The van der Waals surface area contributed by atoms with Gasteiger partial charge in [-0.2, -0.15) is 0 Å². The van der Waals surface area contributed by atoms with Crippen LogP contribution in [0.2, 0.25) is 0 Å². The van der Waals surface area contributed by atoms with Crippen LogP contribution >= 0.6 is 34.7 Å². The molecule has 0 fully saturated rings. The van der Waals surface area contributed by atoms with E-state index < -0.39 is 0 Å². The summed E-state index contributed by atoms with van der Waals surface area (Å²) >= 11 is 9.01. The molecule has 102 valence electrons. The van der Waals surface area contributed by atoms with Crippen LogP contribution in [0.3, 0.4) is 0 Å². The van der Waals surface area contributed by atoms with Gasteiger partial charge in [-0.1, -0.05) is 41.3 Å². The Kier molecular flexibility index (Phi) is 4.00. The third-order valence-corrected chi connectivity index (χ3v) is 4.77. The first-order chi connectivity index (χ1) is 9.83. The Morgan fingerprint density at radius 2 is 1.95 bits per heavy atom. The lowest BCUT2D eigenvalue weighted by Gasteiger charge is -2.06. The van der Waals surface area contributed by atoms with Crippen molar-refractivity contribution in [2.24, 2.45) is 0 Å². The van der Waals surface area contributed by atoms with Crippen LogP contribution < -0.4 is 0 Å². The van der Waals surface area contributed by atoms with Gasteiger partial charge >= 0.3 is 0 Å². The molecule has 0 aliphatic heterocycles. The van der Waals surface area contributed by atoms with E-state index in [1.807, 2.05) is 41.2 Å². The second-order valence-corrected chi connectivity index (χ2v) is 6.12. The quantitative estimate of drug-likeness (QED) is 0.545. The molecule has 0 spiro atoms. The molecule has 0 saturated carbocycles. The van der Waals surface area contributed by atoms with E-state index in [4.69, 9.17) is 11.6 Å². The molecule has 0 saturated heterocycles. The van der Waals surface area contributed by atoms with Gasteiger partial charge in [0.25, 0.3) is 0 Å². The molecule has 0 bridgehead atoms. The van der Waals surface area contributed by atoms with Gasteiger partial charge in [0.2, 0.25) is 0 Å². The van der Waals surface area contributed by atoms with Crippen LogP contribution in [-0.4, -0.2) is 31.2 Å². The normalized spacial score (nSPS) is 10.9. The first-order valence-corrected chi connectivity index (χ1v) is 8.34. The van der Waals surface area contributed by atoms with Gasteiger partial charge in [0, 0.05) is 5.69 Å². The minimum atomic E-state index is 0.288. The molecule has 0 aliphatic rings. The van der Waals surface area contributed by atoms with Crippen LogP contribution in [0.5, 0.6) is 0 Å². The van der Waals surface area contributed by atoms with E-state index in [1.54, 1.807) is 11.8 Å². The van der Waals surface area contributed by atoms with Gasteiger partial charge < -0.3 is 0 Å². The Morgan fingerprint density at radius 3 is 2.60 bits per heavy atom. The maximum atomic E-state index is 5.96. The fraction of sp³-hybridized carbons (Fsp3) is 0.167. The third-order valence-electron chi connectivity index (χ3n) is 2.64. The summed E-state index contributed by atoms with van der Waals surface area (Å²) in [6.07, 6.45) is 1.97. The zero-order valence-corrected chi connectivity index (χ0v) is 12.9. The number of halogens is 1. The minimum absolute atomic E-state index is 0.288. The fourth-order valence-corrected chi connectivity index (χ4v) is 3.19. The highest BCUT2D eigenvalue weighted by Gasteiger charge is 2.18. The Morgan fingerprint density at radius 1 is 1.15 bits per heavy atom. The van der Waals surface area contributed by atoms with E-state index in [2.05, 4.69) is 20.4 Å². The second kappa shape index (κ2) is 5.90.